The number of rotatable bonds is 3. The minimum absolute atomic E-state index is 0.369. The van der Waals surface area contributed by atoms with Gasteiger partial charge in [-0.2, -0.15) is 0 Å². The van der Waals surface area contributed by atoms with Gasteiger partial charge < -0.3 is 15.4 Å². The molecule has 5 fully saturated rings. The first-order valence-corrected chi connectivity index (χ1v) is 8.84. The second-order valence-corrected chi connectivity index (χ2v) is 7.85. The largest absolute Gasteiger partial charge is 0.376 e. The fourth-order valence-corrected chi connectivity index (χ4v) is 5.59. The van der Waals surface area contributed by atoms with E-state index in [1.54, 1.807) is 0 Å². The number of thiocarbonyl (C=S) groups is 1. The van der Waals surface area contributed by atoms with Crippen molar-refractivity contribution in [2.24, 2.45) is 23.7 Å². The van der Waals surface area contributed by atoms with E-state index in [4.69, 9.17) is 17.0 Å². The second kappa shape index (κ2) is 5.45. The van der Waals surface area contributed by atoms with E-state index in [1.807, 2.05) is 0 Å². The van der Waals surface area contributed by atoms with Crippen molar-refractivity contribution < 1.29 is 4.74 Å². The molecule has 5 rings (SSSR count). The van der Waals surface area contributed by atoms with Crippen molar-refractivity contribution in [3.05, 3.63) is 0 Å². The fraction of sp³-hybridized carbons (Fsp3) is 0.938. The molecular formula is C16H26N2OS. The Morgan fingerprint density at radius 2 is 1.75 bits per heavy atom. The molecule has 0 aromatic heterocycles. The van der Waals surface area contributed by atoms with E-state index in [2.05, 4.69) is 10.6 Å². The summed E-state index contributed by atoms with van der Waals surface area (Å²) in [5.41, 5.74) is 0. The number of hydrogen-bond acceptors (Lipinski definition) is 2. The summed E-state index contributed by atoms with van der Waals surface area (Å²) < 4.78 is 5.64. The Kier molecular flexibility index (Phi) is 3.63. The van der Waals surface area contributed by atoms with Crippen LogP contribution in [0.2, 0.25) is 0 Å². The van der Waals surface area contributed by atoms with Crippen LogP contribution in [0.25, 0.3) is 0 Å². The van der Waals surface area contributed by atoms with Gasteiger partial charge in [0, 0.05) is 19.2 Å². The second-order valence-electron chi connectivity index (χ2n) is 7.45. The zero-order chi connectivity index (χ0) is 13.5. The average molecular weight is 294 g/mol. The lowest BCUT2D eigenvalue weighted by Gasteiger charge is -2.54. The van der Waals surface area contributed by atoms with Crippen molar-refractivity contribution >= 4 is 17.3 Å². The smallest absolute Gasteiger partial charge is 0.166 e. The molecule has 5 aliphatic rings. The normalized spacial score (nSPS) is 45.6. The van der Waals surface area contributed by atoms with Gasteiger partial charge in [-0.1, -0.05) is 0 Å². The van der Waals surface area contributed by atoms with Crippen molar-refractivity contribution in [1.29, 1.82) is 0 Å². The van der Waals surface area contributed by atoms with Crippen LogP contribution in [0, 0.1) is 23.7 Å². The van der Waals surface area contributed by atoms with Crippen molar-refractivity contribution in [1.82, 2.24) is 10.6 Å². The van der Waals surface area contributed by atoms with Crippen molar-refractivity contribution in [2.45, 2.75) is 57.1 Å². The molecular weight excluding hydrogens is 268 g/mol. The van der Waals surface area contributed by atoms with Gasteiger partial charge in [0.2, 0.25) is 0 Å². The highest BCUT2D eigenvalue weighted by molar-refractivity contribution is 7.80. The highest BCUT2D eigenvalue weighted by atomic mass is 32.1. The molecule has 1 aliphatic heterocycles. The molecule has 1 atom stereocenters. The summed E-state index contributed by atoms with van der Waals surface area (Å²) in [4.78, 5) is 0. The Morgan fingerprint density at radius 1 is 1.05 bits per heavy atom. The molecule has 2 N–H and O–H groups in total. The molecule has 4 bridgehead atoms. The van der Waals surface area contributed by atoms with Crippen LogP contribution >= 0.6 is 12.2 Å². The molecule has 1 saturated heterocycles. The Balaban J connectivity index is 1.29. The summed E-state index contributed by atoms with van der Waals surface area (Å²) in [5.74, 6) is 3.83. The average Bonchev–Trinajstić information content (AvgIpc) is 2.93. The fourth-order valence-electron chi connectivity index (χ4n) is 5.38. The summed E-state index contributed by atoms with van der Waals surface area (Å²) in [6.07, 6.45) is 10.0. The minimum atomic E-state index is 0.369. The Bertz CT molecular complexity index is 353. The van der Waals surface area contributed by atoms with Crippen LogP contribution in [-0.2, 0) is 4.74 Å². The summed E-state index contributed by atoms with van der Waals surface area (Å²) >= 11 is 5.51. The van der Waals surface area contributed by atoms with E-state index in [0.717, 1.165) is 41.9 Å². The van der Waals surface area contributed by atoms with Crippen LogP contribution in [0.15, 0.2) is 0 Å². The summed E-state index contributed by atoms with van der Waals surface area (Å²) in [6.45, 7) is 1.79. The molecule has 4 heteroatoms. The molecule has 4 aliphatic carbocycles. The van der Waals surface area contributed by atoms with Gasteiger partial charge >= 0.3 is 0 Å². The third kappa shape index (κ3) is 2.57. The summed E-state index contributed by atoms with van der Waals surface area (Å²) in [5, 5.41) is 7.89. The van der Waals surface area contributed by atoms with E-state index in [1.165, 1.54) is 44.9 Å². The van der Waals surface area contributed by atoms with Crippen LogP contribution in [-0.4, -0.2) is 30.4 Å². The van der Waals surface area contributed by atoms with Gasteiger partial charge in [0.05, 0.1) is 6.10 Å². The Morgan fingerprint density at radius 3 is 2.35 bits per heavy atom. The van der Waals surface area contributed by atoms with Crippen molar-refractivity contribution in [2.75, 3.05) is 13.2 Å². The van der Waals surface area contributed by atoms with Crippen molar-refractivity contribution in [3.8, 4) is 0 Å². The van der Waals surface area contributed by atoms with E-state index >= 15 is 0 Å². The van der Waals surface area contributed by atoms with Crippen LogP contribution in [0.1, 0.15) is 44.9 Å². The van der Waals surface area contributed by atoms with Gasteiger partial charge in [0.1, 0.15) is 0 Å². The van der Waals surface area contributed by atoms with Gasteiger partial charge in [-0.25, -0.2) is 0 Å². The van der Waals surface area contributed by atoms with Gasteiger partial charge in [-0.15, -0.1) is 0 Å². The first-order chi connectivity index (χ1) is 9.78. The highest BCUT2D eigenvalue weighted by Gasteiger charge is 2.48. The van der Waals surface area contributed by atoms with Gasteiger partial charge in [-0.3, -0.25) is 0 Å². The summed E-state index contributed by atoms with van der Waals surface area (Å²) in [7, 11) is 0. The number of nitrogens with one attached hydrogen (secondary N) is 2. The maximum absolute atomic E-state index is 5.64. The quantitative estimate of drug-likeness (QED) is 0.784. The van der Waals surface area contributed by atoms with Crippen molar-refractivity contribution in [3.63, 3.8) is 0 Å². The molecule has 0 spiro atoms. The summed E-state index contributed by atoms with van der Waals surface area (Å²) in [6, 6.07) is 0.646. The third-order valence-corrected chi connectivity index (χ3v) is 6.30. The zero-order valence-electron chi connectivity index (χ0n) is 12.1. The molecule has 4 saturated carbocycles. The first kappa shape index (κ1) is 13.3. The van der Waals surface area contributed by atoms with E-state index in [-0.39, 0.29) is 0 Å². The number of ether oxygens (including phenoxy) is 1. The maximum atomic E-state index is 5.64. The Hall–Kier alpha value is -0.350. The van der Waals surface area contributed by atoms with E-state index < -0.39 is 0 Å². The minimum Gasteiger partial charge on any atom is -0.376 e. The van der Waals surface area contributed by atoms with Gasteiger partial charge in [0.15, 0.2) is 5.11 Å². The molecule has 0 radical (unpaired) electrons. The molecule has 0 aromatic carbocycles. The highest BCUT2D eigenvalue weighted by Crippen LogP contribution is 2.53. The maximum Gasteiger partial charge on any atom is 0.166 e. The predicted molar refractivity (Wildman–Crippen MR) is 83.5 cm³/mol. The zero-order valence-corrected chi connectivity index (χ0v) is 13.0. The van der Waals surface area contributed by atoms with E-state index in [0.29, 0.717) is 12.1 Å². The molecule has 0 amide bonds. The topological polar surface area (TPSA) is 33.3 Å². The van der Waals surface area contributed by atoms with Crippen LogP contribution in [0.4, 0.5) is 0 Å². The molecule has 112 valence electrons. The predicted octanol–water partition coefficient (Wildman–Crippen LogP) is 2.45. The van der Waals surface area contributed by atoms with Crippen LogP contribution < -0.4 is 10.6 Å². The standard InChI is InChI=1S/C16H26N2OS/c20-16(17-9-14-2-1-3-19-14)18-15-12-5-10-4-11(7-12)8-13(15)6-10/h10-15H,1-9H2,(H2,17,18,20). The van der Waals surface area contributed by atoms with Gasteiger partial charge in [-0.05, 0) is 80.8 Å². The first-order valence-electron chi connectivity index (χ1n) is 8.44. The monoisotopic (exact) mass is 294 g/mol. The molecule has 0 aromatic rings. The van der Waals surface area contributed by atoms with Gasteiger partial charge in [0.25, 0.3) is 0 Å². The van der Waals surface area contributed by atoms with E-state index in [9.17, 15) is 0 Å². The molecule has 1 heterocycles. The Labute approximate surface area is 127 Å². The van der Waals surface area contributed by atoms with Crippen LogP contribution in [0.5, 0.6) is 0 Å². The SMILES string of the molecule is S=C(NCC1CCCO1)NC1C2CC3CC(C2)CC1C3. The lowest BCUT2D eigenvalue weighted by molar-refractivity contribution is -0.00700. The molecule has 20 heavy (non-hydrogen) atoms. The molecule has 1 unspecified atom stereocenters. The molecule has 3 nitrogen and oxygen atoms in total. The lowest BCUT2D eigenvalue weighted by Crippen LogP contribution is -2.57. The lowest BCUT2D eigenvalue weighted by atomic mass is 9.54. The van der Waals surface area contributed by atoms with Crippen LogP contribution in [0.3, 0.4) is 0 Å². The third-order valence-electron chi connectivity index (χ3n) is 6.04. The number of hydrogen-bond donors (Lipinski definition) is 2.